The highest BCUT2D eigenvalue weighted by Crippen LogP contribution is 2.23. The van der Waals surface area contributed by atoms with Crippen molar-refractivity contribution < 1.29 is 18.7 Å². The first-order valence-electron chi connectivity index (χ1n) is 10.9. The molecule has 1 aliphatic rings. The Bertz CT molecular complexity index is 884. The topological polar surface area (TPSA) is 70.7 Å². The number of nitrogens with zero attached hydrogens (tertiary/aromatic N) is 1. The van der Waals surface area contributed by atoms with Crippen molar-refractivity contribution in [2.45, 2.75) is 45.1 Å². The molecule has 1 saturated heterocycles. The second-order valence-corrected chi connectivity index (χ2v) is 7.74. The molecule has 1 atom stereocenters. The second kappa shape index (κ2) is 11.3. The quantitative estimate of drug-likeness (QED) is 0.598. The molecule has 0 saturated carbocycles. The minimum absolute atomic E-state index is 0.258. The SMILES string of the molecule is CCCCC(NC(=O)COc1cccc(F)c1)C(=O)Nc1cccc(N2CCCC2)c1. The van der Waals surface area contributed by atoms with Crippen LogP contribution in [-0.2, 0) is 9.59 Å². The average Bonchev–Trinajstić information content (AvgIpc) is 3.30. The van der Waals surface area contributed by atoms with Gasteiger partial charge in [0, 0.05) is 30.5 Å². The highest BCUT2D eigenvalue weighted by molar-refractivity contribution is 5.97. The van der Waals surface area contributed by atoms with Gasteiger partial charge < -0.3 is 20.3 Å². The van der Waals surface area contributed by atoms with Gasteiger partial charge in [-0.15, -0.1) is 0 Å². The van der Waals surface area contributed by atoms with Crippen molar-refractivity contribution in [1.29, 1.82) is 0 Å². The van der Waals surface area contributed by atoms with E-state index >= 15 is 0 Å². The summed E-state index contributed by atoms with van der Waals surface area (Å²) in [7, 11) is 0. The van der Waals surface area contributed by atoms with Crippen molar-refractivity contribution in [3.8, 4) is 5.75 Å². The van der Waals surface area contributed by atoms with Crippen molar-refractivity contribution in [3.63, 3.8) is 0 Å². The van der Waals surface area contributed by atoms with Crippen molar-refractivity contribution in [3.05, 3.63) is 54.3 Å². The molecule has 2 aromatic rings. The highest BCUT2D eigenvalue weighted by Gasteiger charge is 2.21. The molecule has 0 radical (unpaired) electrons. The number of halogens is 1. The molecule has 7 heteroatoms. The van der Waals surface area contributed by atoms with Gasteiger partial charge in [-0.1, -0.05) is 31.9 Å². The maximum absolute atomic E-state index is 13.2. The molecule has 2 N–H and O–H groups in total. The molecule has 1 unspecified atom stereocenters. The zero-order valence-electron chi connectivity index (χ0n) is 17.9. The predicted molar refractivity (Wildman–Crippen MR) is 120 cm³/mol. The van der Waals surface area contributed by atoms with Gasteiger partial charge in [-0.25, -0.2) is 4.39 Å². The van der Waals surface area contributed by atoms with E-state index in [0.717, 1.165) is 31.6 Å². The summed E-state index contributed by atoms with van der Waals surface area (Å²) in [6.07, 6.45) is 4.60. The Morgan fingerprint density at radius 1 is 1.13 bits per heavy atom. The average molecular weight is 428 g/mol. The van der Waals surface area contributed by atoms with Crippen LogP contribution < -0.4 is 20.3 Å². The summed E-state index contributed by atoms with van der Waals surface area (Å²) < 4.78 is 18.6. The number of carbonyl (C=O) groups is 2. The van der Waals surface area contributed by atoms with E-state index in [9.17, 15) is 14.0 Å². The van der Waals surface area contributed by atoms with Crippen LogP contribution in [0.2, 0.25) is 0 Å². The number of rotatable bonds is 10. The van der Waals surface area contributed by atoms with Crippen LogP contribution in [0.15, 0.2) is 48.5 Å². The fourth-order valence-electron chi connectivity index (χ4n) is 3.60. The van der Waals surface area contributed by atoms with Gasteiger partial charge >= 0.3 is 0 Å². The van der Waals surface area contributed by atoms with Crippen LogP contribution in [0.5, 0.6) is 5.75 Å². The molecule has 1 aliphatic heterocycles. The normalized spacial score (nSPS) is 14.2. The van der Waals surface area contributed by atoms with Gasteiger partial charge in [0.25, 0.3) is 5.91 Å². The molecule has 0 aliphatic carbocycles. The molecule has 31 heavy (non-hydrogen) atoms. The zero-order valence-corrected chi connectivity index (χ0v) is 17.9. The van der Waals surface area contributed by atoms with Crippen LogP contribution in [0.4, 0.5) is 15.8 Å². The maximum Gasteiger partial charge on any atom is 0.258 e. The van der Waals surface area contributed by atoms with Crippen molar-refractivity contribution in [2.24, 2.45) is 0 Å². The van der Waals surface area contributed by atoms with E-state index in [1.807, 2.05) is 31.2 Å². The molecule has 2 aromatic carbocycles. The van der Waals surface area contributed by atoms with Gasteiger partial charge in [-0.2, -0.15) is 0 Å². The summed E-state index contributed by atoms with van der Waals surface area (Å²) in [4.78, 5) is 27.5. The fourth-order valence-corrected chi connectivity index (χ4v) is 3.60. The minimum Gasteiger partial charge on any atom is -0.484 e. The van der Waals surface area contributed by atoms with Crippen molar-refractivity contribution in [2.75, 3.05) is 29.9 Å². The number of unbranched alkanes of at least 4 members (excludes halogenated alkanes) is 1. The number of hydrogen-bond acceptors (Lipinski definition) is 4. The lowest BCUT2D eigenvalue weighted by Gasteiger charge is -2.21. The lowest BCUT2D eigenvalue weighted by molar-refractivity contribution is -0.128. The highest BCUT2D eigenvalue weighted by atomic mass is 19.1. The van der Waals surface area contributed by atoms with Gasteiger partial charge in [-0.05, 0) is 49.6 Å². The third-order valence-corrected chi connectivity index (χ3v) is 5.25. The lowest BCUT2D eigenvalue weighted by Crippen LogP contribution is -2.45. The molecule has 3 rings (SSSR count). The molecule has 1 heterocycles. The Morgan fingerprint density at radius 3 is 2.65 bits per heavy atom. The van der Waals surface area contributed by atoms with Crippen molar-refractivity contribution in [1.82, 2.24) is 5.32 Å². The van der Waals surface area contributed by atoms with Crippen LogP contribution in [0.25, 0.3) is 0 Å². The molecular formula is C24H30FN3O3. The van der Waals surface area contributed by atoms with Gasteiger partial charge in [0.2, 0.25) is 5.91 Å². The number of benzene rings is 2. The molecule has 0 bridgehead atoms. The van der Waals surface area contributed by atoms with Crippen molar-refractivity contribution >= 4 is 23.2 Å². The first kappa shape index (κ1) is 22.6. The summed E-state index contributed by atoms with van der Waals surface area (Å²) in [5.74, 6) is -0.852. The Hall–Kier alpha value is -3.09. The number of amides is 2. The van der Waals surface area contributed by atoms with Gasteiger partial charge in [-0.3, -0.25) is 9.59 Å². The van der Waals surface area contributed by atoms with Gasteiger partial charge in [0.05, 0.1) is 0 Å². The summed E-state index contributed by atoms with van der Waals surface area (Å²) in [5, 5.41) is 5.68. The number of hydrogen-bond donors (Lipinski definition) is 2. The molecule has 1 fully saturated rings. The number of anilines is 2. The summed E-state index contributed by atoms with van der Waals surface area (Å²) in [6.45, 7) is 3.79. The summed E-state index contributed by atoms with van der Waals surface area (Å²) >= 11 is 0. The number of nitrogens with one attached hydrogen (secondary N) is 2. The fraction of sp³-hybridized carbons (Fsp3) is 0.417. The van der Waals surface area contributed by atoms with E-state index in [4.69, 9.17) is 4.74 Å². The molecular weight excluding hydrogens is 397 g/mol. The van der Waals surface area contributed by atoms with E-state index in [1.54, 1.807) is 6.07 Å². The Kier molecular flexibility index (Phi) is 8.27. The molecule has 0 spiro atoms. The smallest absolute Gasteiger partial charge is 0.258 e. The Labute approximate surface area is 182 Å². The summed E-state index contributed by atoms with van der Waals surface area (Å²) in [5.41, 5.74) is 1.80. The van der Waals surface area contributed by atoms with Crippen LogP contribution in [0.3, 0.4) is 0 Å². The molecule has 166 valence electrons. The molecule has 2 amide bonds. The largest absolute Gasteiger partial charge is 0.484 e. The van der Waals surface area contributed by atoms with Gasteiger partial charge in [0.1, 0.15) is 17.6 Å². The second-order valence-electron chi connectivity index (χ2n) is 7.74. The van der Waals surface area contributed by atoms with E-state index in [1.165, 1.54) is 31.0 Å². The van der Waals surface area contributed by atoms with Crippen LogP contribution >= 0.6 is 0 Å². The van der Waals surface area contributed by atoms with Crippen LogP contribution in [-0.4, -0.2) is 37.6 Å². The van der Waals surface area contributed by atoms with Crippen LogP contribution in [0.1, 0.15) is 39.0 Å². The minimum atomic E-state index is -0.668. The first-order chi connectivity index (χ1) is 15.0. The number of ether oxygens (including phenoxy) is 1. The third kappa shape index (κ3) is 6.98. The lowest BCUT2D eigenvalue weighted by atomic mass is 10.1. The number of carbonyl (C=O) groups excluding carboxylic acids is 2. The van der Waals surface area contributed by atoms with E-state index in [-0.39, 0.29) is 18.3 Å². The van der Waals surface area contributed by atoms with Crippen LogP contribution in [0, 0.1) is 5.82 Å². The van der Waals surface area contributed by atoms with E-state index in [2.05, 4.69) is 15.5 Å². The zero-order chi connectivity index (χ0) is 22.1. The standard InChI is InChI=1S/C24H30FN3O3/c1-2-3-12-22(27-23(29)17-31-21-11-6-8-18(25)15-21)24(30)26-19-9-7-10-20(16-19)28-13-4-5-14-28/h6-11,15-16,22H,2-5,12-14,17H2,1H3,(H,26,30)(H,27,29). The predicted octanol–water partition coefficient (Wildman–Crippen LogP) is 4.12. The van der Waals surface area contributed by atoms with E-state index < -0.39 is 17.8 Å². The Morgan fingerprint density at radius 2 is 1.90 bits per heavy atom. The molecule has 6 nitrogen and oxygen atoms in total. The maximum atomic E-state index is 13.2. The molecule has 0 aromatic heterocycles. The monoisotopic (exact) mass is 427 g/mol. The Balaban J connectivity index is 1.58. The summed E-state index contributed by atoms with van der Waals surface area (Å²) in [6, 6.07) is 12.7. The third-order valence-electron chi connectivity index (χ3n) is 5.25. The van der Waals surface area contributed by atoms with E-state index in [0.29, 0.717) is 12.1 Å². The van der Waals surface area contributed by atoms with Gasteiger partial charge in [0.15, 0.2) is 6.61 Å². The first-order valence-corrected chi connectivity index (χ1v) is 10.9.